The standard InChI is InChI=1S/C9H6BFN2O/c1-5(14)13-9-3-8(11)7(10)2-6(9)4-12-13/h2-4H,1H3. The molecule has 68 valence electrons. The number of rotatable bonds is 0. The number of aromatic nitrogens is 2. The van der Waals surface area contributed by atoms with Gasteiger partial charge in [-0.2, -0.15) is 5.10 Å². The second-order valence-corrected chi connectivity index (χ2v) is 3.01. The molecule has 2 radical (unpaired) electrons. The first-order chi connectivity index (χ1) is 6.59. The smallest absolute Gasteiger partial charge is 0.244 e. The van der Waals surface area contributed by atoms with Crippen LogP contribution in [-0.2, 0) is 0 Å². The third-order valence-corrected chi connectivity index (χ3v) is 1.98. The summed E-state index contributed by atoms with van der Waals surface area (Å²) in [4.78, 5) is 11.1. The highest BCUT2D eigenvalue weighted by atomic mass is 19.1. The number of benzene rings is 1. The third-order valence-electron chi connectivity index (χ3n) is 1.98. The van der Waals surface area contributed by atoms with Gasteiger partial charge in [-0.05, 0) is 6.07 Å². The lowest BCUT2D eigenvalue weighted by atomic mass is 9.94. The topological polar surface area (TPSA) is 34.9 Å². The first-order valence-corrected chi connectivity index (χ1v) is 4.03. The van der Waals surface area contributed by atoms with E-state index >= 15 is 0 Å². The van der Waals surface area contributed by atoms with Crippen molar-refractivity contribution in [2.24, 2.45) is 0 Å². The van der Waals surface area contributed by atoms with E-state index in [1.165, 1.54) is 25.3 Å². The van der Waals surface area contributed by atoms with E-state index in [-0.39, 0.29) is 11.4 Å². The summed E-state index contributed by atoms with van der Waals surface area (Å²) in [7, 11) is 5.37. The van der Waals surface area contributed by atoms with Crippen LogP contribution in [0.5, 0.6) is 0 Å². The molecule has 1 aromatic carbocycles. The molecule has 0 unspecified atom stereocenters. The molecule has 0 saturated carbocycles. The summed E-state index contributed by atoms with van der Waals surface area (Å²) in [5, 5.41) is 4.47. The Bertz CT molecular complexity index is 521. The minimum Gasteiger partial charge on any atom is -0.273 e. The van der Waals surface area contributed by atoms with Gasteiger partial charge in [0.15, 0.2) is 0 Å². The summed E-state index contributed by atoms with van der Waals surface area (Å²) in [5.41, 5.74) is 0.491. The third kappa shape index (κ3) is 1.21. The molecule has 0 aliphatic heterocycles. The fourth-order valence-corrected chi connectivity index (χ4v) is 1.32. The summed E-state index contributed by atoms with van der Waals surface area (Å²) in [6.07, 6.45) is 1.48. The van der Waals surface area contributed by atoms with E-state index in [0.717, 1.165) is 4.68 Å². The summed E-state index contributed by atoms with van der Waals surface area (Å²) in [6.45, 7) is 1.36. The zero-order valence-electron chi connectivity index (χ0n) is 7.49. The van der Waals surface area contributed by atoms with Crippen LogP contribution in [0.1, 0.15) is 11.7 Å². The van der Waals surface area contributed by atoms with Gasteiger partial charge in [0.2, 0.25) is 5.91 Å². The predicted molar refractivity (Wildman–Crippen MR) is 51.4 cm³/mol. The van der Waals surface area contributed by atoms with Gasteiger partial charge in [0.1, 0.15) is 13.7 Å². The normalized spacial score (nSPS) is 10.7. The predicted octanol–water partition coefficient (Wildman–Crippen LogP) is 0.629. The molecule has 0 atom stereocenters. The molecular weight excluding hydrogens is 182 g/mol. The molecular formula is C9H6BFN2O. The lowest BCUT2D eigenvalue weighted by molar-refractivity contribution is 0.0927. The molecule has 0 fully saturated rings. The molecule has 14 heavy (non-hydrogen) atoms. The van der Waals surface area contributed by atoms with Gasteiger partial charge in [-0.3, -0.25) is 4.79 Å². The molecule has 0 spiro atoms. The van der Waals surface area contributed by atoms with Gasteiger partial charge in [0, 0.05) is 12.3 Å². The summed E-state index contributed by atoms with van der Waals surface area (Å²) in [6, 6.07) is 2.66. The molecule has 0 saturated heterocycles. The van der Waals surface area contributed by atoms with Crippen LogP contribution in [0.25, 0.3) is 10.9 Å². The summed E-state index contributed by atoms with van der Waals surface area (Å²) >= 11 is 0. The van der Waals surface area contributed by atoms with Crippen LogP contribution in [0.4, 0.5) is 4.39 Å². The average Bonchev–Trinajstić information content (AvgIpc) is 2.48. The van der Waals surface area contributed by atoms with Crippen molar-refractivity contribution in [1.29, 1.82) is 0 Å². The van der Waals surface area contributed by atoms with Gasteiger partial charge in [0.05, 0.1) is 11.7 Å². The molecule has 0 aliphatic rings. The molecule has 2 aromatic rings. The van der Waals surface area contributed by atoms with Crippen LogP contribution >= 0.6 is 0 Å². The lowest BCUT2D eigenvalue weighted by Crippen LogP contribution is -2.10. The monoisotopic (exact) mass is 188 g/mol. The molecule has 1 heterocycles. The number of halogens is 1. The molecule has 0 N–H and O–H groups in total. The Balaban J connectivity index is 2.80. The van der Waals surface area contributed by atoms with Crippen LogP contribution in [-0.4, -0.2) is 23.5 Å². The van der Waals surface area contributed by atoms with Gasteiger partial charge < -0.3 is 0 Å². The van der Waals surface area contributed by atoms with E-state index in [1.807, 2.05) is 0 Å². The van der Waals surface area contributed by atoms with Gasteiger partial charge in [0.25, 0.3) is 0 Å². The first kappa shape index (κ1) is 8.93. The fraction of sp³-hybridized carbons (Fsp3) is 0.111. The number of hydrogen-bond acceptors (Lipinski definition) is 2. The van der Waals surface area contributed by atoms with Crippen molar-refractivity contribution in [3.8, 4) is 0 Å². The van der Waals surface area contributed by atoms with Crippen molar-refractivity contribution in [2.45, 2.75) is 6.92 Å². The Morgan fingerprint density at radius 3 is 2.93 bits per heavy atom. The molecule has 3 nitrogen and oxygen atoms in total. The second kappa shape index (κ2) is 2.94. The maximum absolute atomic E-state index is 13.1. The van der Waals surface area contributed by atoms with Crippen molar-refractivity contribution in [3.05, 3.63) is 24.1 Å². The zero-order valence-corrected chi connectivity index (χ0v) is 7.49. The Hall–Kier alpha value is -1.65. The van der Waals surface area contributed by atoms with Crippen molar-refractivity contribution in [3.63, 3.8) is 0 Å². The molecule has 5 heteroatoms. The van der Waals surface area contributed by atoms with Crippen LogP contribution in [0.3, 0.4) is 0 Å². The maximum Gasteiger partial charge on any atom is 0.244 e. The SMILES string of the molecule is [B]c1cc2cnn(C(C)=O)c2cc1F. The minimum atomic E-state index is -0.541. The molecule has 1 aromatic heterocycles. The molecule has 0 bridgehead atoms. The highest BCUT2D eigenvalue weighted by molar-refractivity contribution is 6.33. The van der Waals surface area contributed by atoms with Crippen molar-refractivity contribution < 1.29 is 9.18 Å². The summed E-state index contributed by atoms with van der Waals surface area (Å²) in [5.74, 6) is -0.801. The average molecular weight is 188 g/mol. The molecule has 2 rings (SSSR count). The van der Waals surface area contributed by atoms with Crippen LogP contribution < -0.4 is 5.46 Å². The fourth-order valence-electron chi connectivity index (χ4n) is 1.32. The Morgan fingerprint density at radius 2 is 2.29 bits per heavy atom. The van der Waals surface area contributed by atoms with E-state index in [0.29, 0.717) is 10.9 Å². The molecule has 0 aliphatic carbocycles. The van der Waals surface area contributed by atoms with Crippen molar-refractivity contribution in [2.75, 3.05) is 0 Å². The first-order valence-electron chi connectivity index (χ1n) is 4.03. The van der Waals surface area contributed by atoms with Crippen LogP contribution in [0.2, 0.25) is 0 Å². The second-order valence-electron chi connectivity index (χ2n) is 3.01. The quantitative estimate of drug-likeness (QED) is 0.568. The van der Waals surface area contributed by atoms with Crippen LogP contribution in [0, 0.1) is 5.82 Å². The van der Waals surface area contributed by atoms with E-state index < -0.39 is 5.82 Å². The Morgan fingerprint density at radius 1 is 1.57 bits per heavy atom. The lowest BCUT2D eigenvalue weighted by Gasteiger charge is -1.99. The molecule has 0 amide bonds. The number of carbonyl (C=O) groups excluding carboxylic acids is 1. The maximum atomic E-state index is 13.1. The summed E-state index contributed by atoms with van der Waals surface area (Å²) < 4.78 is 14.2. The zero-order chi connectivity index (χ0) is 10.3. The van der Waals surface area contributed by atoms with Gasteiger partial charge >= 0.3 is 0 Å². The van der Waals surface area contributed by atoms with E-state index in [4.69, 9.17) is 7.85 Å². The van der Waals surface area contributed by atoms with E-state index in [1.54, 1.807) is 0 Å². The minimum absolute atomic E-state index is 0.0561. The largest absolute Gasteiger partial charge is 0.273 e. The van der Waals surface area contributed by atoms with Gasteiger partial charge in [-0.25, -0.2) is 9.07 Å². The highest BCUT2D eigenvalue weighted by Gasteiger charge is 2.08. The number of fused-ring (bicyclic) bond motifs is 1. The number of nitrogens with zero attached hydrogens (tertiary/aromatic N) is 2. The Labute approximate surface area is 80.9 Å². The van der Waals surface area contributed by atoms with Gasteiger partial charge in [-0.15, -0.1) is 0 Å². The van der Waals surface area contributed by atoms with Gasteiger partial charge in [-0.1, -0.05) is 11.5 Å². The Kier molecular flexibility index (Phi) is 1.87. The number of carbonyl (C=O) groups is 1. The van der Waals surface area contributed by atoms with E-state index in [2.05, 4.69) is 5.10 Å². The highest BCUT2D eigenvalue weighted by Crippen LogP contribution is 2.13. The number of hydrogen-bond donors (Lipinski definition) is 0. The van der Waals surface area contributed by atoms with Crippen LogP contribution in [0.15, 0.2) is 18.3 Å². The van der Waals surface area contributed by atoms with Crippen molar-refractivity contribution in [1.82, 2.24) is 9.78 Å². The van der Waals surface area contributed by atoms with E-state index in [9.17, 15) is 9.18 Å². The van der Waals surface area contributed by atoms with Crippen molar-refractivity contribution >= 4 is 30.1 Å².